The molecule has 1 rings (SSSR count). The van der Waals surface area contributed by atoms with E-state index in [-0.39, 0.29) is 29.3 Å². The molecule has 0 amide bonds. The molecule has 15 heavy (non-hydrogen) atoms. The summed E-state index contributed by atoms with van der Waals surface area (Å²) in [5.74, 6) is -0.269. The minimum atomic E-state index is -0.347. The van der Waals surface area contributed by atoms with Gasteiger partial charge >= 0.3 is 0 Å². The molecule has 3 heteroatoms. The summed E-state index contributed by atoms with van der Waals surface area (Å²) in [7, 11) is 0. The Morgan fingerprint density at radius 3 is 2.40 bits per heavy atom. The fourth-order valence-electron chi connectivity index (χ4n) is 1.44. The Balaban J connectivity index is 3.23. The molecule has 1 aromatic rings. The second-order valence-corrected chi connectivity index (χ2v) is 4.55. The summed E-state index contributed by atoms with van der Waals surface area (Å²) in [4.78, 5) is 0. The summed E-state index contributed by atoms with van der Waals surface area (Å²) < 4.78 is 13.6. The zero-order valence-electron chi connectivity index (χ0n) is 9.22. The van der Waals surface area contributed by atoms with Gasteiger partial charge in [0.25, 0.3) is 0 Å². The first kappa shape index (κ1) is 12.5. The first-order valence-electron chi connectivity index (χ1n) is 5.07. The Kier molecular flexibility index (Phi) is 4.12. The fourth-order valence-corrected chi connectivity index (χ4v) is 1.68. The number of rotatable bonds is 3. The van der Waals surface area contributed by atoms with E-state index in [1.54, 1.807) is 12.1 Å². The monoisotopic (exact) mass is 230 g/mol. The Hall–Kier alpha value is -0.600. The van der Waals surface area contributed by atoms with E-state index in [9.17, 15) is 4.39 Å². The highest BCUT2D eigenvalue weighted by Gasteiger charge is 2.14. The summed E-state index contributed by atoms with van der Waals surface area (Å²) in [6.07, 6.45) is 0. The van der Waals surface area contributed by atoms with Gasteiger partial charge in [-0.05, 0) is 23.1 Å². The lowest BCUT2D eigenvalue weighted by Gasteiger charge is -2.14. The van der Waals surface area contributed by atoms with Gasteiger partial charge in [0.2, 0.25) is 0 Å². The van der Waals surface area contributed by atoms with Crippen LogP contribution in [0.25, 0.3) is 0 Å². The number of hydrogen-bond acceptors (Lipinski definition) is 1. The Morgan fingerprint density at radius 2 is 1.93 bits per heavy atom. The molecular weight excluding hydrogens is 215 g/mol. The smallest absolute Gasteiger partial charge is 0.145 e. The lowest BCUT2D eigenvalue weighted by atomic mass is 9.95. The summed E-state index contributed by atoms with van der Waals surface area (Å²) in [5.41, 5.74) is 1.49. The van der Waals surface area contributed by atoms with Crippen LogP contribution in [-0.2, 0) is 0 Å². The summed E-state index contributed by atoms with van der Waals surface area (Å²) in [6, 6.07) is 3.37. The number of hydrogen-bond donors (Lipinski definition) is 1. The first-order valence-corrected chi connectivity index (χ1v) is 5.44. The average Bonchev–Trinajstić information content (AvgIpc) is 2.20. The molecule has 0 saturated heterocycles. The normalized spacial score (nSPS) is 13.3. The molecule has 1 atom stereocenters. The fraction of sp³-hybridized carbons (Fsp3) is 0.500. The lowest BCUT2D eigenvalue weighted by molar-refractivity contribution is 0.273. The molecule has 0 aliphatic heterocycles. The quantitative estimate of drug-likeness (QED) is 0.840. The van der Waals surface area contributed by atoms with Crippen LogP contribution < -0.4 is 0 Å². The maximum atomic E-state index is 13.6. The molecular formula is C12H16ClFO. The molecule has 0 radical (unpaired) electrons. The molecule has 84 valence electrons. The first-order chi connectivity index (χ1) is 6.97. The van der Waals surface area contributed by atoms with Gasteiger partial charge in [-0.3, -0.25) is 0 Å². The number of aliphatic hydroxyl groups excluding tert-OH is 1. The molecule has 0 aliphatic carbocycles. The van der Waals surface area contributed by atoms with Crippen molar-refractivity contribution in [2.24, 2.45) is 0 Å². The van der Waals surface area contributed by atoms with Crippen molar-refractivity contribution in [2.45, 2.75) is 32.6 Å². The van der Waals surface area contributed by atoms with Gasteiger partial charge in [0.15, 0.2) is 0 Å². The lowest BCUT2D eigenvalue weighted by Crippen LogP contribution is -2.03. The maximum absolute atomic E-state index is 13.6. The third kappa shape index (κ3) is 2.70. The summed E-state index contributed by atoms with van der Waals surface area (Å²) >= 11 is 5.81. The second-order valence-electron chi connectivity index (χ2n) is 4.14. The Labute approximate surface area is 94.9 Å². The van der Waals surface area contributed by atoms with Gasteiger partial charge < -0.3 is 5.11 Å². The number of benzene rings is 1. The minimum Gasteiger partial charge on any atom is -0.396 e. The second kappa shape index (κ2) is 4.95. The predicted octanol–water partition coefficient (Wildman–Crippen LogP) is 3.70. The number of halogens is 2. The van der Waals surface area contributed by atoms with Crippen molar-refractivity contribution in [3.05, 3.63) is 34.1 Å². The van der Waals surface area contributed by atoms with E-state index >= 15 is 0 Å². The van der Waals surface area contributed by atoms with Gasteiger partial charge in [-0.1, -0.05) is 38.4 Å². The molecule has 0 heterocycles. The Morgan fingerprint density at radius 1 is 1.33 bits per heavy atom. The Bertz CT molecular complexity index is 350. The van der Waals surface area contributed by atoms with Crippen LogP contribution in [-0.4, -0.2) is 11.7 Å². The van der Waals surface area contributed by atoms with Crippen molar-refractivity contribution >= 4 is 11.6 Å². The van der Waals surface area contributed by atoms with E-state index in [0.717, 1.165) is 5.56 Å². The zero-order chi connectivity index (χ0) is 11.6. The van der Waals surface area contributed by atoms with Gasteiger partial charge in [0.05, 0.1) is 5.02 Å². The van der Waals surface area contributed by atoms with Gasteiger partial charge in [-0.15, -0.1) is 0 Å². The SMILES string of the molecule is CC(C)c1cc(C(C)CO)cc(Cl)c1F. The molecule has 0 fully saturated rings. The van der Waals surface area contributed by atoms with Crippen molar-refractivity contribution in [1.29, 1.82) is 0 Å². The molecule has 0 saturated carbocycles. The topological polar surface area (TPSA) is 20.2 Å². The highest BCUT2D eigenvalue weighted by molar-refractivity contribution is 6.30. The molecule has 0 spiro atoms. The van der Waals surface area contributed by atoms with Gasteiger partial charge in [-0.2, -0.15) is 0 Å². The molecule has 1 aromatic carbocycles. The van der Waals surface area contributed by atoms with Crippen molar-refractivity contribution < 1.29 is 9.50 Å². The largest absolute Gasteiger partial charge is 0.396 e. The van der Waals surface area contributed by atoms with E-state index in [1.165, 1.54) is 0 Å². The van der Waals surface area contributed by atoms with Crippen molar-refractivity contribution in [2.75, 3.05) is 6.61 Å². The van der Waals surface area contributed by atoms with Crippen LogP contribution in [0.4, 0.5) is 4.39 Å². The zero-order valence-corrected chi connectivity index (χ0v) is 9.98. The van der Waals surface area contributed by atoms with E-state index in [2.05, 4.69) is 0 Å². The highest BCUT2D eigenvalue weighted by atomic mass is 35.5. The van der Waals surface area contributed by atoms with E-state index in [0.29, 0.717) is 5.56 Å². The van der Waals surface area contributed by atoms with Gasteiger partial charge in [0.1, 0.15) is 5.82 Å². The molecule has 1 unspecified atom stereocenters. The molecule has 1 N–H and O–H groups in total. The van der Waals surface area contributed by atoms with E-state index < -0.39 is 0 Å². The van der Waals surface area contributed by atoms with Crippen LogP contribution in [0.3, 0.4) is 0 Å². The third-order valence-electron chi connectivity index (χ3n) is 2.54. The van der Waals surface area contributed by atoms with Crippen molar-refractivity contribution in [3.63, 3.8) is 0 Å². The molecule has 0 aliphatic rings. The van der Waals surface area contributed by atoms with Gasteiger partial charge in [-0.25, -0.2) is 4.39 Å². The summed E-state index contributed by atoms with van der Waals surface area (Å²) in [6.45, 7) is 5.76. The van der Waals surface area contributed by atoms with Crippen LogP contribution in [0.2, 0.25) is 5.02 Å². The van der Waals surface area contributed by atoms with Crippen LogP contribution in [0, 0.1) is 5.82 Å². The maximum Gasteiger partial charge on any atom is 0.145 e. The van der Waals surface area contributed by atoms with Gasteiger partial charge in [0, 0.05) is 12.5 Å². The highest BCUT2D eigenvalue weighted by Crippen LogP contribution is 2.29. The number of aliphatic hydroxyl groups is 1. The van der Waals surface area contributed by atoms with E-state index in [1.807, 2.05) is 20.8 Å². The van der Waals surface area contributed by atoms with Crippen LogP contribution in [0.5, 0.6) is 0 Å². The predicted molar refractivity (Wildman–Crippen MR) is 61.0 cm³/mol. The minimum absolute atomic E-state index is 0.0133. The van der Waals surface area contributed by atoms with Crippen LogP contribution >= 0.6 is 11.6 Å². The summed E-state index contributed by atoms with van der Waals surface area (Å²) in [5, 5.41) is 9.18. The average molecular weight is 231 g/mol. The molecule has 0 bridgehead atoms. The van der Waals surface area contributed by atoms with Crippen LogP contribution in [0.1, 0.15) is 43.7 Å². The molecule has 0 aromatic heterocycles. The third-order valence-corrected chi connectivity index (χ3v) is 2.82. The standard InChI is InChI=1S/C12H16ClFO/c1-7(2)10-4-9(8(3)6-15)5-11(13)12(10)14/h4-5,7-8,15H,6H2,1-3H3. The molecule has 1 nitrogen and oxygen atoms in total. The van der Waals surface area contributed by atoms with Crippen LogP contribution in [0.15, 0.2) is 12.1 Å². The van der Waals surface area contributed by atoms with E-state index in [4.69, 9.17) is 16.7 Å². The van der Waals surface area contributed by atoms with Crippen molar-refractivity contribution in [3.8, 4) is 0 Å². The van der Waals surface area contributed by atoms with Crippen molar-refractivity contribution in [1.82, 2.24) is 0 Å².